The van der Waals surface area contributed by atoms with Gasteiger partial charge in [0.2, 0.25) is 0 Å². The molecule has 0 amide bonds. The molecule has 0 aromatic carbocycles. The quantitative estimate of drug-likeness (QED) is 0.505. The van der Waals surface area contributed by atoms with E-state index in [4.69, 9.17) is 0 Å². The molecule has 0 aliphatic carbocycles. The molecule has 0 rings (SSSR count). The van der Waals surface area contributed by atoms with E-state index in [9.17, 15) is 0 Å². The fourth-order valence-electron chi connectivity index (χ4n) is 0. The van der Waals surface area contributed by atoms with Crippen molar-refractivity contribution in [2.45, 2.75) is 64.3 Å². The van der Waals surface area contributed by atoms with E-state index in [2.05, 4.69) is 20.8 Å². The van der Waals surface area contributed by atoms with Crippen LogP contribution in [-0.2, 0) is 32.7 Å². The Hall–Kier alpha value is 1.10. The molecule has 1 heteroatoms. The van der Waals surface area contributed by atoms with Crippen LogP contribution < -0.4 is 0 Å². The summed E-state index contributed by atoms with van der Waals surface area (Å²) in [7, 11) is 0. The smallest absolute Gasteiger partial charge is 0 e. The predicted molar refractivity (Wildman–Crippen MR) is 63.1 cm³/mol. The van der Waals surface area contributed by atoms with E-state index in [0.29, 0.717) is 0 Å². The summed E-state index contributed by atoms with van der Waals surface area (Å²) in [5, 5.41) is 0. The maximum absolute atomic E-state index is 2.17. The summed E-state index contributed by atoms with van der Waals surface area (Å²) < 4.78 is 0. The second kappa shape index (κ2) is 57.3. The van der Waals surface area contributed by atoms with Crippen molar-refractivity contribution in [2.75, 3.05) is 0 Å². The molecule has 0 aromatic heterocycles. The summed E-state index contributed by atoms with van der Waals surface area (Å²) in [6.45, 7) is 10.5. The number of hydrogen-bond acceptors (Lipinski definition) is 0. The molecule has 0 fully saturated rings. The average molecular weight is 254 g/mol. The third-order valence-electron chi connectivity index (χ3n) is 0. The van der Waals surface area contributed by atoms with E-state index in [-0.39, 0.29) is 62.4 Å². The van der Waals surface area contributed by atoms with Gasteiger partial charge in [-0.05, 0) is 5.92 Å². The summed E-state index contributed by atoms with van der Waals surface area (Å²) in [6, 6.07) is 0. The zero-order valence-electron chi connectivity index (χ0n) is 6.73. The van der Waals surface area contributed by atoms with E-state index in [0.717, 1.165) is 5.92 Å². The van der Waals surface area contributed by atoms with Gasteiger partial charge < -0.3 is 6.42 Å². The Morgan fingerprint density at radius 2 is 0.750 bits per heavy atom. The molecule has 81 valence electrons. The van der Waals surface area contributed by atoms with Crippen molar-refractivity contribution in [1.29, 1.82) is 0 Å². The van der Waals surface area contributed by atoms with Gasteiger partial charge in [-0.2, -0.15) is 13.8 Å². The molecule has 0 nitrogen and oxygen atoms in total. The molecule has 0 heterocycles. The summed E-state index contributed by atoms with van der Waals surface area (Å²) >= 11 is 0. The molecular weight excluding hydrogens is 221 g/mol. The van der Waals surface area contributed by atoms with Crippen LogP contribution >= 0.6 is 0 Å². The van der Waals surface area contributed by atoms with Crippen molar-refractivity contribution in [3.8, 4) is 0 Å². The standard InChI is InChI=1S/C4H10.C3H7.4CH4.Y/c1-4(2)3;1-3-2;;;;;/h4H,1-3H3;3H,1-2H3;4*1H4;/q;-1;;;;;. The van der Waals surface area contributed by atoms with Gasteiger partial charge in [-0.1, -0.05) is 50.5 Å². The zero-order chi connectivity index (χ0) is 6.28. The van der Waals surface area contributed by atoms with Crippen LogP contribution in [0.1, 0.15) is 64.3 Å². The first-order chi connectivity index (χ1) is 3.15. The molecule has 0 aliphatic rings. The van der Waals surface area contributed by atoms with Gasteiger partial charge in [0.25, 0.3) is 0 Å². The minimum Gasteiger partial charge on any atom is -0.335 e. The first kappa shape index (κ1) is 51.5. The topological polar surface area (TPSA) is 0 Å². The molecule has 0 aromatic rings. The molecule has 0 aliphatic heterocycles. The van der Waals surface area contributed by atoms with Gasteiger partial charge in [0, 0.05) is 32.7 Å². The second-order valence-electron chi connectivity index (χ2n) is 2.31. The minimum absolute atomic E-state index is 0. The van der Waals surface area contributed by atoms with Crippen LogP contribution in [0.25, 0.3) is 0 Å². The fraction of sp³-hybridized carbons (Fsp3) is 0.909. The first-order valence-corrected chi connectivity index (χ1v) is 2.89. The molecule has 1 radical (unpaired) electrons. The van der Waals surface area contributed by atoms with Crippen molar-refractivity contribution < 1.29 is 32.7 Å². The molecule has 0 atom stereocenters. The first-order valence-electron chi connectivity index (χ1n) is 2.89. The Morgan fingerprint density at radius 1 is 0.750 bits per heavy atom. The van der Waals surface area contributed by atoms with Crippen LogP contribution in [0.3, 0.4) is 0 Å². The van der Waals surface area contributed by atoms with E-state index in [1.54, 1.807) is 0 Å². The number of hydrogen-bond donors (Lipinski definition) is 0. The monoisotopic (exact) mass is 254 g/mol. The molecule has 0 bridgehead atoms. The van der Waals surface area contributed by atoms with Crippen molar-refractivity contribution in [3.05, 3.63) is 6.42 Å². The SMILES string of the molecule is C.C.C.C.CC(C)C.C[CH-]C.[Y]. The maximum atomic E-state index is 2.17. The van der Waals surface area contributed by atoms with Gasteiger partial charge in [0.05, 0.1) is 0 Å². The summed E-state index contributed by atoms with van der Waals surface area (Å²) in [5.41, 5.74) is 0. The van der Waals surface area contributed by atoms with E-state index >= 15 is 0 Å². The van der Waals surface area contributed by atoms with Crippen LogP contribution in [0.15, 0.2) is 0 Å². The molecule has 0 saturated heterocycles. The Labute approximate surface area is 109 Å². The van der Waals surface area contributed by atoms with Gasteiger partial charge in [-0.15, -0.1) is 0 Å². The largest absolute Gasteiger partial charge is 0.335 e. The van der Waals surface area contributed by atoms with Gasteiger partial charge >= 0.3 is 0 Å². The fourth-order valence-corrected chi connectivity index (χ4v) is 0. The minimum atomic E-state index is 0. The molecular formula is C11H33Y-. The molecule has 0 spiro atoms. The molecule has 0 N–H and O–H groups in total. The normalized spacial score (nSPS) is 4.50. The zero-order valence-corrected chi connectivity index (χ0v) is 9.57. The third-order valence-corrected chi connectivity index (χ3v) is 0. The Kier molecular flexibility index (Phi) is 246. The summed E-state index contributed by atoms with van der Waals surface area (Å²) in [5.74, 6) is 0.833. The van der Waals surface area contributed by atoms with Crippen LogP contribution in [0.4, 0.5) is 0 Å². The van der Waals surface area contributed by atoms with Crippen molar-refractivity contribution >= 4 is 0 Å². The Bertz CT molecular complexity index is 16.2. The van der Waals surface area contributed by atoms with Gasteiger partial charge in [0.1, 0.15) is 0 Å². The summed E-state index contributed by atoms with van der Waals surface area (Å²) in [4.78, 5) is 0. The molecule has 12 heavy (non-hydrogen) atoms. The Morgan fingerprint density at radius 3 is 0.750 bits per heavy atom. The Balaban J connectivity index is -0.00000000597. The number of rotatable bonds is 0. The van der Waals surface area contributed by atoms with Crippen molar-refractivity contribution in [2.24, 2.45) is 5.92 Å². The van der Waals surface area contributed by atoms with Gasteiger partial charge in [0.15, 0.2) is 0 Å². The van der Waals surface area contributed by atoms with E-state index in [1.807, 2.05) is 20.3 Å². The third kappa shape index (κ3) is 930. The van der Waals surface area contributed by atoms with Crippen LogP contribution in [0.2, 0.25) is 0 Å². The second-order valence-corrected chi connectivity index (χ2v) is 2.31. The summed E-state index contributed by atoms with van der Waals surface area (Å²) in [6.07, 6.45) is 2.00. The van der Waals surface area contributed by atoms with Crippen LogP contribution in [0, 0.1) is 12.3 Å². The van der Waals surface area contributed by atoms with E-state index in [1.165, 1.54) is 0 Å². The molecule has 0 saturated carbocycles. The van der Waals surface area contributed by atoms with Crippen molar-refractivity contribution in [1.82, 2.24) is 0 Å². The van der Waals surface area contributed by atoms with Gasteiger partial charge in [-0.3, -0.25) is 0 Å². The van der Waals surface area contributed by atoms with Crippen LogP contribution in [0.5, 0.6) is 0 Å². The van der Waals surface area contributed by atoms with Gasteiger partial charge in [-0.25, -0.2) is 0 Å². The van der Waals surface area contributed by atoms with E-state index < -0.39 is 0 Å². The van der Waals surface area contributed by atoms with Crippen LogP contribution in [-0.4, -0.2) is 0 Å². The average Bonchev–Trinajstić information content (AvgIpc) is 1.33. The van der Waals surface area contributed by atoms with Crippen molar-refractivity contribution in [3.63, 3.8) is 0 Å². The predicted octanol–water partition coefficient (Wildman–Crippen LogP) is 5.43. The molecule has 0 unspecified atom stereocenters. The maximum Gasteiger partial charge on any atom is 0 e.